The molecule has 0 saturated carbocycles. The molecular weight excluding hydrogens is 316 g/mol. The van der Waals surface area contributed by atoms with Crippen LogP contribution in [0.2, 0.25) is 0 Å². The van der Waals surface area contributed by atoms with Crippen LogP contribution in [0.4, 0.5) is 0 Å². The molecular formula is C19H24N4O2. The number of hydrogen-bond acceptors (Lipinski definition) is 3. The number of rotatable bonds is 5. The molecule has 3 rings (SSSR count). The molecule has 1 aliphatic rings. The second-order valence-electron chi connectivity index (χ2n) is 5.96. The van der Waals surface area contributed by atoms with E-state index in [0.29, 0.717) is 19.0 Å². The molecule has 0 bridgehead atoms. The lowest BCUT2D eigenvalue weighted by Gasteiger charge is -2.28. The number of carbonyl (C=O) groups is 1. The smallest absolute Gasteiger partial charge is 0.244 e. The van der Waals surface area contributed by atoms with E-state index < -0.39 is 0 Å². The zero-order valence-corrected chi connectivity index (χ0v) is 14.5. The minimum Gasteiger partial charge on any atom is -0.467 e. The number of guanidine groups is 1. The Balaban J connectivity index is 1.56. The fourth-order valence-electron chi connectivity index (χ4n) is 2.88. The number of hydrogen-bond donors (Lipinski definition) is 2. The molecule has 0 saturated heterocycles. The molecule has 0 unspecified atom stereocenters. The number of fused-ring (bicyclic) bond motifs is 1. The molecule has 25 heavy (non-hydrogen) atoms. The van der Waals surface area contributed by atoms with E-state index in [9.17, 15) is 4.79 Å². The van der Waals surface area contributed by atoms with E-state index in [1.807, 2.05) is 36.1 Å². The predicted molar refractivity (Wildman–Crippen MR) is 97.1 cm³/mol. The molecule has 0 aliphatic carbocycles. The molecule has 1 aromatic carbocycles. The Labute approximate surface area is 147 Å². The zero-order valence-electron chi connectivity index (χ0n) is 14.5. The van der Waals surface area contributed by atoms with Crippen molar-refractivity contribution in [3.8, 4) is 0 Å². The molecule has 1 aliphatic heterocycles. The van der Waals surface area contributed by atoms with Crippen molar-refractivity contribution in [3.63, 3.8) is 0 Å². The maximum atomic E-state index is 12.5. The Morgan fingerprint density at radius 2 is 2.04 bits per heavy atom. The number of carbonyl (C=O) groups excluding carboxylic acids is 1. The van der Waals surface area contributed by atoms with Gasteiger partial charge in [0.25, 0.3) is 0 Å². The third-order valence-corrected chi connectivity index (χ3v) is 4.21. The Morgan fingerprint density at radius 3 is 2.80 bits per heavy atom. The van der Waals surface area contributed by atoms with Gasteiger partial charge in [-0.3, -0.25) is 4.79 Å². The topological polar surface area (TPSA) is 69.9 Å². The summed E-state index contributed by atoms with van der Waals surface area (Å²) >= 11 is 0. The Morgan fingerprint density at radius 1 is 1.20 bits per heavy atom. The molecule has 6 nitrogen and oxygen atoms in total. The highest BCUT2D eigenvalue weighted by Gasteiger charge is 2.19. The standard InChI is InChI=1S/C19H24N4O2/c1-2-20-19(21-12-17-8-5-11-25-17)22-13-18(24)23-10-9-15-6-3-4-7-16(15)14-23/h3-8,11H,2,9-10,12-14H2,1H3,(H2,20,21,22). The molecule has 1 aromatic heterocycles. The van der Waals surface area contributed by atoms with Crippen LogP contribution in [0.25, 0.3) is 0 Å². The molecule has 2 aromatic rings. The van der Waals surface area contributed by atoms with Crippen LogP contribution in [0.5, 0.6) is 0 Å². The minimum atomic E-state index is 0.0460. The number of nitrogens with zero attached hydrogens (tertiary/aromatic N) is 2. The van der Waals surface area contributed by atoms with Crippen LogP contribution in [-0.2, 0) is 24.3 Å². The Hall–Kier alpha value is -2.76. The summed E-state index contributed by atoms with van der Waals surface area (Å²) in [6.07, 6.45) is 2.54. The highest BCUT2D eigenvalue weighted by molar-refractivity contribution is 5.85. The second-order valence-corrected chi connectivity index (χ2v) is 5.96. The molecule has 1 amide bonds. The van der Waals surface area contributed by atoms with Crippen LogP contribution in [0.15, 0.2) is 52.1 Å². The quantitative estimate of drug-likeness (QED) is 0.644. The fraction of sp³-hybridized carbons (Fsp3) is 0.368. The number of furan rings is 1. The first-order valence-corrected chi connectivity index (χ1v) is 8.65. The fourth-order valence-corrected chi connectivity index (χ4v) is 2.88. The lowest BCUT2D eigenvalue weighted by Crippen LogP contribution is -2.40. The highest BCUT2D eigenvalue weighted by atomic mass is 16.3. The van der Waals surface area contributed by atoms with Crippen molar-refractivity contribution < 1.29 is 9.21 Å². The summed E-state index contributed by atoms with van der Waals surface area (Å²) in [5.74, 6) is 1.49. The van der Waals surface area contributed by atoms with Crippen molar-refractivity contribution >= 4 is 11.9 Å². The first-order chi connectivity index (χ1) is 12.3. The summed E-state index contributed by atoms with van der Waals surface area (Å²) in [7, 11) is 0. The van der Waals surface area contributed by atoms with Gasteiger partial charge in [-0.05, 0) is 36.6 Å². The normalized spacial score (nSPS) is 14.1. The second kappa shape index (κ2) is 8.37. The summed E-state index contributed by atoms with van der Waals surface area (Å²) in [5, 5.41) is 6.32. The van der Waals surface area contributed by atoms with Crippen molar-refractivity contribution in [2.24, 2.45) is 4.99 Å². The van der Waals surface area contributed by atoms with Crippen molar-refractivity contribution in [3.05, 3.63) is 59.5 Å². The van der Waals surface area contributed by atoms with Crippen LogP contribution in [-0.4, -0.2) is 36.4 Å². The molecule has 0 fully saturated rings. The van der Waals surface area contributed by atoms with Crippen LogP contribution >= 0.6 is 0 Å². The van der Waals surface area contributed by atoms with E-state index in [4.69, 9.17) is 4.42 Å². The van der Waals surface area contributed by atoms with Gasteiger partial charge in [0.15, 0.2) is 5.96 Å². The number of aliphatic imine (C=N–C) groups is 1. The third-order valence-electron chi connectivity index (χ3n) is 4.21. The number of nitrogens with one attached hydrogen (secondary N) is 2. The lowest BCUT2D eigenvalue weighted by molar-refractivity contribution is -0.130. The van der Waals surface area contributed by atoms with Gasteiger partial charge in [0, 0.05) is 19.6 Å². The van der Waals surface area contributed by atoms with Gasteiger partial charge in [0.05, 0.1) is 12.8 Å². The lowest BCUT2D eigenvalue weighted by atomic mass is 10.00. The van der Waals surface area contributed by atoms with Crippen LogP contribution < -0.4 is 10.6 Å². The van der Waals surface area contributed by atoms with E-state index in [-0.39, 0.29) is 12.5 Å². The summed E-state index contributed by atoms with van der Waals surface area (Å²) in [4.78, 5) is 18.8. The average molecular weight is 340 g/mol. The van der Waals surface area contributed by atoms with Crippen molar-refractivity contribution in [2.45, 2.75) is 26.4 Å². The van der Waals surface area contributed by atoms with Crippen LogP contribution in [0.3, 0.4) is 0 Å². The van der Waals surface area contributed by atoms with Gasteiger partial charge in [-0.2, -0.15) is 0 Å². The van der Waals surface area contributed by atoms with Gasteiger partial charge >= 0.3 is 0 Å². The monoisotopic (exact) mass is 340 g/mol. The summed E-state index contributed by atoms with van der Waals surface area (Å²) in [5.41, 5.74) is 2.57. The molecule has 6 heteroatoms. The molecule has 2 N–H and O–H groups in total. The number of benzene rings is 1. The van der Waals surface area contributed by atoms with E-state index in [1.165, 1.54) is 11.1 Å². The summed E-state index contributed by atoms with van der Waals surface area (Å²) < 4.78 is 5.30. The van der Waals surface area contributed by atoms with Gasteiger partial charge in [-0.15, -0.1) is 0 Å². The minimum absolute atomic E-state index is 0.0460. The van der Waals surface area contributed by atoms with Gasteiger partial charge < -0.3 is 20.0 Å². The predicted octanol–water partition coefficient (Wildman–Crippen LogP) is 1.92. The molecule has 0 spiro atoms. The van der Waals surface area contributed by atoms with Crippen LogP contribution in [0, 0.1) is 0 Å². The molecule has 132 valence electrons. The first kappa shape index (κ1) is 17.1. The summed E-state index contributed by atoms with van der Waals surface area (Å²) in [6, 6.07) is 12.0. The van der Waals surface area contributed by atoms with Gasteiger partial charge in [0.1, 0.15) is 12.3 Å². The number of amides is 1. The SMILES string of the molecule is CCNC(=NCC(=O)N1CCc2ccccc2C1)NCc1ccco1. The Kier molecular flexibility index (Phi) is 5.72. The van der Waals surface area contributed by atoms with E-state index >= 15 is 0 Å². The largest absolute Gasteiger partial charge is 0.467 e. The van der Waals surface area contributed by atoms with Gasteiger partial charge in [-0.1, -0.05) is 24.3 Å². The average Bonchev–Trinajstić information content (AvgIpc) is 3.17. The third kappa shape index (κ3) is 4.62. The van der Waals surface area contributed by atoms with E-state index in [1.54, 1.807) is 6.26 Å². The summed E-state index contributed by atoms with van der Waals surface area (Å²) in [6.45, 7) is 4.81. The van der Waals surface area contributed by atoms with Crippen molar-refractivity contribution in [1.82, 2.24) is 15.5 Å². The highest BCUT2D eigenvalue weighted by Crippen LogP contribution is 2.18. The maximum Gasteiger partial charge on any atom is 0.244 e. The van der Waals surface area contributed by atoms with Crippen LogP contribution in [0.1, 0.15) is 23.8 Å². The molecule has 2 heterocycles. The van der Waals surface area contributed by atoms with Gasteiger partial charge in [0.2, 0.25) is 5.91 Å². The molecule has 0 radical (unpaired) electrons. The maximum absolute atomic E-state index is 12.5. The zero-order chi connectivity index (χ0) is 17.5. The van der Waals surface area contributed by atoms with Crippen molar-refractivity contribution in [1.29, 1.82) is 0 Å². The Bertz CT molecular complexity index is 725. The van der Waals surface area contributed by atoms with Crippen molar-refractivity contribution in [2.75, 3.05) is 19.6 Å². The van der Waals surface area contributed by atoms with E-state index in [2.05, 4.69) is 27.8 Å². The first-order valence-electron chi connectivity index (χ1n) is 8.65. The molecule has 0 atom stereocenters. The van der Waals surface area contributed by atoms with E-state index in [0.717, 1.165) is 25.3 Å². The van der Waals surface area contributed by atoms with Gasteiger partial charge in [-0.25, -0.2) is 4.99 Å².